The lowest BCUT2D eigenvalue weighted by Crippen LogP contribution is -2.25. The van der Waals surface area contributed by atoms with Gasteiger partial charge < -0.3 is 20.0 Å². The van der Waals surface area contributed by atoms with Gasteiger partial charge in [0.2, 0.25) is 11.6 Å². The van der Waals surface area contributed by atoms with Gasteiger partial charge in [0.25, 0.3) is 0 Å². The van der Waals surface area contributed by atoms with Crippen LogP contribution in [0, 0.1) is 0 Å². The third kappa shape index (κ3) is 5.43. The number of carbonyl (C=O) groups excluding carboxylic acids is 2. The van der Waals surface area contributed by atoms with Gasteiger partial charge in [-0.1, -0.05) is 112 Å². The summed E-state index contributed by atoms with van der Waals surface area (Å²) < 4.78 is 0. The smallest absolute Gasteiger partial charge is 0.201 e. The minimum Gasteiger partial charge on any atom is -0.506 e. The second-order valence-corrected chi connectivity index (χ2v) is 13.6. The number of hydrogen-bond donors (Lipinski definition) is 2. The molecule has 0 atom stereocenters. The van der Waals surface area contributed by atoms with Gasteiger partial charge in [0.05, 0.1) is 22.3 Å². The minimum atomic E-state index is -0.167. The first kappa shape index (κ1) is 33.0. The highest BCUT2D eigenvalue weighted by atomic mass is 16.3. The Morgan fingerprint density at radius 2 is 0.846 bits per heavy atom. The first-order valence-electron chi connectivity index (χ1n) is 18.2. The molecular weight excluding hydrogens is 645 g/mol. The van der Waals surface area contributed by atoms with Crippen LogP contribution in [0.4, 0.5) is 11.4 Å². The van der Waals surface area contributed by atoms with Gasteiger partial charge in [-0.2, -0.15) is 0 Å². The fourth-order valence-electron chi connectivity index (χ4n) is 7.55. The van der Waals surface area contributed by atoms with Crippen molar-refractivity contribution in [2.75, 3.05) is 22.9 Å². The highest BCUT2D eigenvalue weighted by molar-refractivity contribution is 6.42. The fraction of sp³-hybridized carbons (Fsp3) is 0.174. The number of nitrogens with zero attached hydrogens (tertiary/aromatic N) is 2. The van der Waals surface area contributed by atoms with Crippen molar-refractivity contribution in [3.8, 4) is 11.1 Å². The number of aliphatic hydroxyl groups excluding tert-OH is 2. The van der Waals surface area contributed by atoms with Crippen molar-refractivity contribution in [1.82, 2.24) is 0 Å². The molecule has 2 aliphatic heterocycles. The van der Waals surface area contributed by atoms with Crippen molar-refractivity contribution >= 4 is 45.2 Å². The van der Waals surface area contributed by atoms with Gasteiger partial charge in [-0.25, -0.2) is 0 Å². The molecule has 0 aromatic heterocycles. The zero-order valence-corrected chi connectivity index (χ0v) is 29.4. The number of benzene rings is 4. The van der Waals surface area contributed by atoms with Crippen LogP contribution >= 0.6 is 0 Å². The predicted octanol–water partition coefficient (Wildman–Crippen LogP) is 10.2. The number of aliphatic hydroxyl groups is 2. The SMILES string of the molecule is CCCCN1C=CC(=C2C(=O)C(c3ccc(-c4ccc(C5=C(O)C(=C6C=CN(CCCC)c7ccccc76)C5=O)cc4)cc3)=C2O)c2ccccc21. The van der Waals surface area contributed by atoms with Crippen molar-refractivity contribution in [2.45, 2.75) is 39.5 Å². The predicted molar refractivity (Wildman–Crippen MR) is 211 cm³/mol. The lowest BCUT2D eigenvalue weighted by molar-refractivity contribution is -0.112. The maximum absolute atomic E-state index is 13.5. The molecule has 0 amide bonds. The van der Waals surface area contributed by atoms with Gasteiger partial charge in [-0.3, -0.25) is 9.59 Å². The van der Waals surface area contributed by atoms with E-state index in [9.17, 15) is 19.8 Å². The van der Waals surface area contributed by atoms with Crippen LogP contribution in [0.15, 0.2) is 144 Å². The Hall–Kier alpha value is -6.14. The molecule has 2 aliphatic carbocycles. The van der Waals surface area contributed by atoms with Gasteiger partial charge in [0, 0.05) is 59.1 Å². The highest BCUT2D eigenvalue weighted by Gasteiger charge is 2.39. The van der Waals surface area contributed by atoms with Crippen LogP contribution in [0.2, 0.25) is 0 Å². The molecule has 2 heterocycles. The number of para-hydroxylation sites is 2. The molecule has 6 heteroatoms. The van der Waals surface area contributed by atoms with E-state index in [4.69, 9.17) is 0 Å². The van der Waals surface area contributed by atoms with E-state index < -0.39 is 0 Å². The molecule has 0 saturated heterocycles. The zero-order chi connectivity index (χ0) is 35.9. The fourth-order valence-corrected chi connectivity index (χ4v) is 7.55. The largest absolute Gasteiger partial charge is 0.506 e. The van der Waals surface area contributed by atoms with E-state index in [1.807, 2.05) is 109 Å². The molecule has 6 nitrogen and oxygen atoms in total. The molecule has 4 aromatic carbocycles. The van der Waals surface area contributed by atoms with Crippen molar-refractivity contribution in [3.05, 3.63) is 167 Å². The van der Waals surface area contributed by atoms with Gasteiger partial charge in [0.15, 0.2) is 0 Å². The maximum atomic E-state index is 13.5. The Bertz CT molecular complexity index is 2150. The summed E-state index contributed by atoms with van der Waals surface area (Å²) in [7, 11) is 0. The van der Waals surface area contributed by atoms with Gasteiger partial charge in [-0.15, -0.1) is 0 Å². The summed E-state index contributed by atoms with van der Waals surface area (Å²) in [5.41, 5.74) is 9.98. The monoisotopic (exact) mass is 684 g/mol. The Balaban J connectivity index is 1.02. The molecule has 2 N–H and O–H groups in total. The van der Waals surface area contributed by atoms with Crippen LogP contribution in [0.25, 0.3) is 33.4 Å². The highest BCUT2D eigenvalue weighted by Crippen LogP contribution is 2.46. The Labute approximate surface area is 304 Å². The Kier molecular flexibility index (Phi) is 8.59. The number of fused-ring (bicyclic) bond motifs is 2. The molecule has 258 valence electrons. The molecule has 0 bridgehead atoms. The Morgan fingerprint density at radius 3 is 1.21 bits per heavy atom. The molecule has 8 rings (SSSR count). The molecule has 52 heavy (non-hydrogen) atoms. The molecule has 0 unspecified atom stereocenters. The molecular formula is C46H40N2O4. The number of hydrogen-bond acceptors (Lipinski definition) is 6. The van der Waals surface area contributed by atoms with E-state index in [1.165, 1.54) is 0 Å². The van der Waals surface area contributed by atoms with Crippen molar-refractivity contribution in [3.63, 3.8) is 0 Å². The van der Waals surface area contributed by atoms with Crippen LogP contribution in [-0.2, 0) is 9.59 Å². The molecule has 4 aliphatic rings. The summed E-state index contributed by atoms with van der Waals surface area (Å²) in [5.74, 6) is -0.293. The number of unbranched alkanes of at least 4 members (excludes halogenated alkanes) is 2. The number of ketones is 2. The second kappa shape index (κ2) is 13.5. The van der Waals surface area contributed by atoms with E-state index >= 15 is 0 Å². The van der Waals surface area contributed by atoms with E-state index in [0.29, 0.717) is 33.4 Å². The summed E-state index contributed by atoms with van der Waals surface area (Å²) >= 11 is 0. The molecule has 0 saturated carbocycles. The van der Waals surface area contributed by atoms with Crippen LogP contribution in [0.3, 0.4) is 0 Å². The molecule has 0 spiro atoms. The van der Waals surface area contributed by atoms with Crippen LogP contribution in [0.5, 0.6) is 0 Å². The minimum absolute atomic E-state index is 0.0205. The van der Waals surface area contributed by atoms with Crippen LogP contribution in [-0.4, -0.2) is 34.9 Å². The lowest BCUT2D eigenvalue weighted by Gasteiger charge is -2.31. The molecule has 0 radical (unpaired) electrons. The van der Waals surface area contributed by atoms with E-state index in [0.717, 1.165) is 83.5 Å². The average Bonchev–Trinajstić information content (AvgIpc) is 3.18. The number of anilines is 2. The quantitative estimate of drug-likeness (QED) is 0.171. The van der Waals surface area contributed by atoms with E-state index in [-0.39, 0.29) is 23.1 Å². The summed E-state index contributed by atoms with van der Waals surface area (Å²) in [6, 6.07) is 31.1. The average molecular weight is 685 g/mol. The summed E-state index contributed by atoms with van der Waals surface area (Å²) in [6.07, 6.45) is 12.2. The summed E-state index contributed by atoms with van der Waals surface area (Å²) in [4.78, 5) is 31.5. The molecule has 4 aromatic rings. The third-order valence-electron chi connectivity index (χ3n) is 10.4. The third-order valence-corrected chi connectivity index (χ3v) is 10.4. The van der Waals surface area contributed by atoms with Crippen LogP contribution < -0.4 is 9.80 Å². The summed E-state index contributed by atoms with van der Waals surface area (Å²) in [5, 5.41) is 22.4. The number of rotatable bonds is 9. The molecule has 0 fully saturated rings. The van der Waals surface area contributed by atoms with Gasteiger partial charge in [-0.05, 0) is 59.4 Å². The van der Waals surface area contributed by atoms with Crippen molar-refractivity contribution < 1.29 is 19.8 Å². The number of Topliss-reactive ketones (excluding diaryl/α,β-unsaturated/α-hetero) is 2. The second-order valence-electron chi connectivity index (χ2n) is 13.6. The topological polar surface area (TPSA) is 81.1 Å². The Morgan fingerprint density at radius 1 is 0.481 bits per heavy atom. The van der Waals surface area contributed by atoms with Gasteiger partial charge >= 0.3 is 0 Å². The number of allylic oxidation sites excluding steroid dienone is 8. The lowest BCUT2D eigenvalue weighted by atomic mass is 9.78. The first-order valence-corrected chi connectivity index (χ1v) is 18.2. The van der Waals surface area contributed by atoms with Crippen molar-refractivity contribution in [2.24, 2.45) is 0 Å². The van der Waals surface area contributed by atoms with Gasteiger partial charge in [0.1, 0.15) is 11.5 Å². The maximum Gasteiger partial charge on any atom is 0.201 e. The summed E-state index contributed by atoms with van der Waals surface area (Å²) in [6.45, 7) is 6.12. The number of carbonyl (C=O) groups is 2. The standard InChI is InChI=1S/C46H40N2O4/c1-3-5-25-47-27-23-35(33-11-7-9-13-37(33)47)41-43(49)39(44(41)50)31-19-15-29(16-20-31)30-17-21-32(22-18-30)40-45(51)42(46(40)52)36-24-28-48(26-6-4-2)38-14-10-8-12-34(36)38/h7-24,27-28,49,51H,3-6,25-26H2,1-2H3. The normalized spacial score (nSPS) is 19.2. The van der Waals surface area contributed by atoms with Crippen molar-refractivity contribution in [1.29, 1.82) is 0 Å². The first-order chi connectivity index (χ1) is 25.4. The zero-order valence-electron chi connectivity index (χ0n) is 29.4. The van der Waals surface area contributed by atoms with E-state index in [1.54, 1.807) is 0 Å². The van der Waals surface area contributed by atoms with E-state index in [2.05, 4.69) is 35.8 Å². The van der Waals surface area contributed by atoms with Crippen LogP contribution in [0.1, 0.15) is 61.8 Å².